The molecule has 0 aromatic carbocycles. The number of amides is 1. The van der Waals surface area contributed by atoms with E-state index in [0.717, 1.165) is 17.0 Å². The molecule has 2 aromatic heterocycles. The van der Waals surface area contributed by atoms with E-state index in [-0.39, 0.29) is 11.9 Å². The van der Waals surface area contributed by atoms with E-state index in [9.17, 15) is 4.79 Å². The molecule has 2 aromatic rings. The predicted molar refractivity (Wildman–Crippen MR) is 79.4 cm³/mol. The van der Waals surface area contributed by atoms with Crippen molar-refractivity contribution >= 4 is 22.4 Å². The zero-order chi connectivity index (χ0) is 14.7. The average Bonchev–Trinajstić information content (AvgIpc) is 2.92. The van der Waals surface area contributed by atoms with Crippen molar-refractivity contribution in [2.75, 3.05) is 5.73 Å². The number of anilines is 1. The van der Waals surface area contributed by atoms with Crippen LogP contribution in [0.2, 0.25) is 0 Å². The number of nitrogens with zero attached hydrogens (tertiary/aromatic N) is 3. The number of nitrogen functional groups attached to an aromatic ring is 1. The molecule has 20 heavy (non-hydrogen) atoms. The van der Waals surface area contributed by atoms with Gasteiger partial charge in [-0.15, -0.1) is 11.3 Å². The van der Waals surface area contributed by atoms with Crippen LogP contribution in [0.5, 0.6) is 0 Å². The molecular formula is C13H19N5OS. The molecule has 3 N–H and O–H groups in total. The molecule has 0 aliphatic carbocycles. The third-order valence-electron chi connectivity index (χ3n) is 3.07. The van der Waals surface area contributed by atoms with Gasteiger partial charge in [-0.25, -0.2) is 4.98 Å². The lowest BCUT2D eigenvalue weighted by molar-refractivity contribution is -0.121. The van der Waals surface area contributed by atoms with Gasteiger partial charge in [-0.1, -0.05) is 0 Å². The van der Waals surface area contributed by atoms with Crippen molar-refractivity contribution in [3.63, 3.8) is 0 Å². The lowest BCUT2D eigenvalue weighted by Crippen LogP contribution is -2.27. The summed E-state index contributed by atoms with van der Waals surface area (Å²) in [6, 6.07) is -0.0447. The molecular weight excluding hydrogens is 274 g/mol. The lowest BCUT2D eigenvalue weighted by atomic mass is 10.1. The van der Waals surface area contributed by atoms with Gasteiger partial charge in [-0.2, -0.15) is 5.10 Å². The average molecular weight is 293 g/mol. The largest absolute Gasteiger partial charge is 0.375 e. The monoisotopic (exact) mass is 293 g/mol. The summed E-state index contributed by atoms with van der Waals surface area (Å²) in [6.07, 6.45) is 2.95. The number of hydrogen-bond donors (Lipinski definition) is 2. The second kappa shape index (κ2) is 6.04. The molecule has 108 valence electrons. The molecule has 2 heterocycles. The van der Waals surface area contributed by atoms with Crippen LogP contribution in [0.25, 0.3) is 0 Å². The second-order valence-electron chi connectivity index (χ2n) is 4.81. The summed E-state index contributed by atoms with van der Waals surface area (Å²) in [7, 11) is 1.87. The van der Waals surface area contributed by atoms with Gasteiger partial charge in [0.15, 0.2) is 5.13 Å². The second-order valence-corrected chi connectivity index (χ2v) is 5.70. The highest BCUT2D eigenvalue weighted by Crippen LogP contribution is 2.16. The zero-order valence-electron chi connectivity index (χ0n) is 11.9. The van der Waals surface area contributed by atoms with Crippen LogP contribution in [0, 0.1) is 6.92 Å². The summed E-state index contributed by atoms with van der Waals surface area (Å²) in [5, 5.41) is 9.69. The van der Waals surface area contributed by atoms with Gasteiger partial charge in [0, 0.05) is 30.6 Å². The summed E-state index contributed by atoms with van der Waals surface area (Å²) in [6.45, 7) is 3.90. The minimum absolute atomic E-state index is 0.00678. The highest BCUT2D eigenvalue weighted by Gasteiger charge is 2.14. The Bertz CT molecular complexity index is 604. The first-order valence-electron chi connectivity index (χ1n) is 6.45. The van der Waals surface area contributed by atoms with Gasteiger partial charge in [0.05, 0.1) is 17.4 Å². The van der Waals surface area contributed by atoms with Gasteiger partial charge in [-0.05, 0) is 20.3 Å². The topological polar surface area (TPSA) is 85.8 Å². The van der Waals surface area contributed by atoms with Crippen molar-refractivity contribution in [2.24, 2.45) is 7.05 Å². The van der Waals surface area contributed by atoms with Gasteiger partial charge < -0.3 is 11.1 Å². The summed E-state index contributed by atoms with van der Waals surface area (Å²) >= 11 is 1.40. The number of nitrogens with two attached hydrogens (primary N) is 1. The molecule has 6 nitrogen and oxygen atoms in total. The van der Waals surface area contributed by atoms with Crippen molar-refractivity contribution in [3.05, 3.63) is 28.5 Å². The van der Waals surface area contributed by atoms with E-state index in [4.69, 9.17) is 5.73 Å². The van der Waals surface area contributed by atoms with Crippen LogP contribution in [0.1, 0.15) is 36.3 Å². The smallest absolute Gasteiger partial charge is 0.220 e. The van der Waals surface area contributed by atoms with E-state index in [1.165, 1.54) is 11.3 Å². The zero-order valence-corrected chi connectivity index (χ0v) is 12.7. The van der Waals surface area contributed by atoms with Crippen molar-refractivity contribution in [1.82, 2.24) is 20.1 Å². The fraction of sp³-hybridized carbons (Fsp3) is 0.462. The SMILES string of the molecule is Cc1nn(C)cc1C(C)NC(=O)CCc1csc(N)n1. The molecule has 1 unspecified atom stereocenters. The Kier molecular flexibility index (Phi) is 4.39. The van der Waals surface area contributed by atoms with Gasteiger partial charge >= 0.3 is 0 Å². The number of aryl methyl sites for hydroxylation is 3. The number of thiazole rings is 1. The Hall–Kier alpha value is -1.89. The van der Waals surface area contributed by atoms with Crippen LogP contribution >= 0.6 is 11.3 Å². The van der Waals surface area contributed by atoms with Crippen molar-refractivity contribution < 1.29 is 4.79 Å². The van der Waals surface area contributed by atoms with Gasteiger partial charge in [0.1, 0.15) is 0 Å². The van der Waals surface area contributed by atoms with Crippen LogP contribution in [0.15, 0.2) is 11.6 Å². The first kappa shape index (κ1) is 14.5. The minimum atomic E-state index is -0.0447. The number of aromatic nitrogens is 3. The van der Waals surface area contributed by atoms with Gasteiger partial charge in [0.2, 0.25) is 5.91 Å². The molecule has 2 rings (SSSR count). The highest BCUT2D eigenvalue weighted by atomic mass is 32.1. The maximum atomic E-state index is 11.9. The molecule has 0 bridgehead atoms. The molecule has 7 heteroatoms. The van der Waals surface area contributed by atoms with Crippen molar-refractivity contribution in [3.8, 4) is 0 Å². The van der Waals surface area contributed by atoms with E-state index in [1.807, 2.05) is 32.5 Å². The Labute approximate surface area is 122 Å². The molecule has 0 fully saturated rings. The van der Waals surface area contributed by atoms with E-state index >= 15 is 0 Å². The van der Waals surface area contributed by atoms with Crippen LogP contribution < -0.4 is 11.1 Å². The van der Waals surface area contributed by atoms with Crippen LogP contribution in [-0.2, 0) is 18.3 Å². The Balaban J connectivity index is 1.86. The Morgan fingerprint density at radius 2 is 2.35 bits per heavy atom. The first-order chi connectivity index (χ1) is 9.45. The maximum absolute atomic E-state index is 11.9. The Morgan fingerprint density at radius 1 is 1.60 bits per heavy atom. The summed E-state index contributed by atoms with van der Waals surface area (Å²) in [5.74, 6) is 0.00678. The van der Waals surface area contributed by atoms with E-state index in [0.29, 0.717) is 18.0 Å². The molecule has 0 aliphatic rings. The van der Waals surface area contributed by atoms with Gasteiger partial charge in [0.25, 0.3) is 0 Å². The standard InChI is InChI=1S/C13H19N5OS/c1-8(11-6-18(3)17-9(11)2)15-12(19)5-4-10-7-20-13(14)16-10/h6-8H,4-5H2,1-3H3,(H2,14,16)(H,15,19). The molecule has 0 aliphatic heterocycles. The van der Waals surface area contributed by atoms with Crippen molar-refractivity contribution in [1.29, 1.82) is 0 Å². The minimum Gasteiger partial charge on any atom is -0.375 e. The van der Waals surface area contributed by atoms with E-state index in [2.05, 4.69) is 15.4 Å². The molecule has 1 atom stereocenters. The summed E-state index contributed by atoms with van der Waals surface area (Å²) in [4.78, 5) is 16.1. The maximum Gasteiger partial charge on any atom is 0.220 e. The molecule has 0 saturated carbocycles. The summed E-state index contributed by atoms with van der Waals surface area (Å²) < 4.78 is 1.76. The van der Waals surface area contributed by atoms with Crippen molar-refractivity contribution in [2.45, 2.75) is 32.7 Å². The third-order valence-corrected chi connectivity index (χ3v) is 3.80. The fourth-order valence-electron chi connectivity index (χ4n) is 2.11. The molecule has 0 saturated heterocycles. The predicted octanol–water partition coefficient (Wildman–Crippen LogP) is 1.58. The molecule has 0 radical (unpaired) electrons. The van der Waals surface area contributed by atoms with Crippen LogP contribution in [0.3, 0.4) is 0 Å². The van der Waals surface area contributed by atoms with E-state index in [1.54, 1.807) is 4.68 Å². The number of carbonyl (C=O) groups excluding carboxylic acids is 1. The first-order valence-corrected chi connectivity index (χ1v) is 7.33. The van der Waals surface area contributed by atoms with Crippen LogP contribution in [0.4, 0.5) is 5.13 Å². The number of carbonyl (C=O) groups is 1. The van der Waals surface area contributed by atoms with Gasteiger partial charge in [-0.3, -0.25) is 9.48 Å². The Morgan fingerprint density at radius 3 is 2.90 bits per heavy atom. The lowest BCUT2D eigenvalue weighted by Gasteiger charge is -2.12. The third kappa shape index (κ3) is 3.57. The molecule has 1 amide bonds. The number of hydrogen-bond acceptors (Lipinski definition) is 5. The highest BCUT2D eigenvalue weighted by molar-refractivity contribution is 7.13. The summed E-state index contributed by atoms with van der Waals surface area (Å²) in [5.41, 5.74) is 8.40. The fourth-order valence-corrected chi connectivity index (χ4v) is 2.71. The number of rotatable bonds is 5. The number of nitrogens with one attached hydrogen (secondary N) is 1. The quantitative estimate of drug-likeness (QED) is 0.876. The van der Waals surface area contributed by atoms with Crippen LogP contribution in [-0.4, -0.2) is 20.7 Å². The van der Waals surface area contributed by atoms with E-state index < -0.39 is 0 Å². The normalized spacial score (nSPS) is 12.3. The molecule has 0 spiro atoms.